The van der Waals surface area contributed by atoms with E-state index in [1.807, 2.05) is 30.3 Å². The Labute approximate surface area is 158 Å². The molecule has 2 aliphatic heterocycles. The largest absolute Gasteiger partial charge is 0.480 e. The minimum absolute atomic E-state index is 0.174. The molecule has 0 spiro atoms. The summed E-state index contributed by atoms with van der Waals surface area (Å²) in [6, 6.07) is 6.77. The molecule has 2 unspecified atom stereocenters. The zero-order valence-electron chi connectivity index (χ0n) is 13.6. The molecule has 1 aromatic rings. The number of aliphatic carboxylic acids is 1. The number of hydrogen-bond donors (Lipinski definition) is 1. The Kier molecular flexibility index (Phi) is 4.92. The average molecular weight is 390 g/mol. The summed E-state index contributed by atoms with van der Waals surface area (Å²) in [4.78, 5) is 50.7. The zero-order valence-corrected chi connectivity index (χ0v) is 15.3. The molecule has 2 atom stereocenters. The number of thiocarbonyl (C=S) groups is 1. The normalized spacial score (nSPS) is 23.3. The molecule has 0 radical (unpaired) electrons. The van der Waals surface area contributed by atoms with Gasteiger partial charge in [0.2, 0.25) is 5.91 Å². The molecule has 2 saturated heterocycles. The Bertz CT molecular complexity index is 852. The predicted molar refractivity (Wildman–Crippen MR) is 98.8 cm³/mol. The number of imide groups is 1. The Morgan fingerprint density at radius 1 is 1.31 bits per heavy atom. The van der Waals surface area contributed by atoms with Crippen LogP contribution in [0.4, 0.5) is 0 Å². The summed E-state index contributed by atoms with van der Waals surface area (Å²) >= 11 is 6.28. The number of nitrogens with zero attached hydrogens (tertiary/aromatic N) is 2. The van der Waals surface area contributed by atoms with Gasteiger partial charge < -0.3 is 5.11 Å². The molecule has 2 fully saturated rings. The van der Waals surface area contributed by atoms with Gasteiger partial charge in [-0.05, 0) is 18.6 Å². The number of hydrogen-bond acceptors (Lipinski definition) is 6. The highest BCUT2D eigenvalue weighted by Crippen LogP contribution is 2.36. The lowest BCUT2D eigenvalue weighted by Crippen LogP contribution is -2.48. The molecule has 2 aliphatic rings. The van der Waals surface area contributed by atoms with E-state index >= 15 is 0 Å². The summed E-state index contributed by atoms with van der Waals surface area (Å²) in [5.41, 5.74) is 0.808. The Morgan fingerprint density at radius 2 is 1.96 bits per heavy atom. The molecule has 0 bridgehead atoms. The van der Waals surface area contributed by atoms with Crippen molar-refractivity contribution in [2.24, 2.45) is 0 Å². The number of carbonyl (C=O) groups is 4. The number of amides is 3. The molecule has 0 aromatic heterocycles. The summed E-state index contributed by atoms with van der Waals surface area (Å²) < 4.78 is 0.174. The lowest BCUT2D eigenvalue weighted by Gasteiger charge is -2.23. The maximum Gasteiger partial charge on any atom is 0.326 e. The van der Waals surface area contributed by atoms with Crippen LogP contribution in [0.2, 0.25) is 0 Å². The van der Waals surface area contributed by atoms with Gasteiger partial charge >= 0.3 is 5.97 Å². The molecule has 0 aliphatic carbocycles. The maximum atomic E-state index is 12.7. The number of carboxylic acid groups (broad SMARTS) is 1. The van der Waals surface area contributed by atoms with Crippen LogP contribution in [0.1, 0.15) is 18.9 Å². The summed E-state index contributed by atoms with van der Waals surface area (Å²) in [6.07, 6.45) is 1.39. The van der Waals surface area contributed by atoms with E-state index in [-0.39, 0.29) is 10.7 Å². The molecule has 9 heteroatoms. The van der Waals surface area contributed by atoms with Gasteiger partial charge in [-0.3, -0.25) is 24.2 Å². The van der Waals surface area contributed by atoms with Gasteiger partial charge in [-0.1, -0.05) is 54.3 Å². The van der Waals surface area contributed by atoms with E-state index in [2.05, 4.69) is 0 Å². The molecule has 3 amide bonds. The number of rotatable bonds is 4. The van der Waals surface area contributed by atoms with Crippen molar-refractivity contribution in [1.82, 2.24) is 9.80 Å². The number of carbonyl (C=O) groups excluding carboxylic acids is 3. The first kappa shape index (κ1) is 18.3. The Hall–Kier alpha value is -2.52. The lowest BCUT2D eigenvalue weighted by molar-refractivity contribution is -0.154. The molecular formula is C17H14N2O5S2. The first-order chi connectivity index (χ1) is 12.3. The molecule has 3 rings (SSSR count). The molecule has 2 heterocycles. The molecule has 134 valence electrons. The third kappa shape index (κ3) is 3.15. The fourth-order valence-corrected chi connectivity index (χ4v) is 4.16. The van der Waals surface area contributed by atoms with Crippen molar-refractivity contribution < 1.29 is 24.3 Å². The minimum atomic E-state index is -1.29. The number of thioether (sulfide) groups is 1. The van der Waals surface area contributed by atoms with Crippen LogP contribution in [0, 0.1) is 0 Å². The van der Waals surface area contributed by atoms with Gasteiger partial charge in [0.25, 0.3) is 11.8 Å². The van der Waals surface area contributed by atoms with Crippen LogP contribution in [0.15, 0.2) is 35.2 Å². The van der Waals surface area contributed by atoms with E-state index in [0.717, 1.165) is 22.2 Å². The van der Waals surface area contributed by atoms with E-state index in [4.69, 9.17) is 17.3 Å². The minimum Gasteiger partial charge on any atom is -0.480 e. The monoisotopic (exact) mass is 390 g/mol. The van der Waals surface area contributed by atoms with Crippen molar-refractivity contribution in [1.29, 1.82) is 0 Å². The van der Waals surface area contributed by atoms with Crippen molar-refractivity contribution in [3.8, 4) is 0 Å². The van der Waals surface area contributed by atoms with Crippen molar-refractivity contribution in [3.63, 3.8) is 0 Å². The van der Waals surface area contributed by atoms with E-state index < -0.39 is 35.8 Å². The van der Waals surface area contributed by atoms with E-state index in [1.54, 1.807) is 6.08 Å². The average Bonchev–Trinajstić information content (AvgIpc) is 3.03. The van der Waals surface area contributed by atoms with Crippen molar-refractivity contribution in [3.05, 3.63) is 40.8 Å². The summed E-state index contributed by atoms with van der Waals surface area (Å²) in [5, 5.41) is 9.07. The third-order valence-corrected chi connectivity index (χ3v) is 5.47. The van der Waals surface area contributed by atoms with E-state index in [0.29, 0.717) is 9.81 Å². The first-order valence-corrected chi connectivity index (χ1v) is 8.94. The molecule has 1 N–H and O–H groups in total. The first-order valence-electron chi connectivity index (χ1n) is 7.72. The van der Waals surface area contributed by atoms with Crippen molar-refractivity contribution >= 4 is 58.1 Å². The number of benzene rings is 1. The molecule has 26 heavy (non-hydrogen) atoms. The van der Waals surface area contributed by atoms with Gasteiger partial charge in [0, 0.05) is 0 Å². The Morgan fingerprint density at radius 3 is 2.58 bits per heavy atom. The SMILES string of the molecule is CC(C(=O)O)N1C(=O)CC(N2C(=O)C(=Cc3ccccc3)SC2=S)C1=O. The van der Waals surface area contributed by atoms with Gasteiger partial charge in [-0.15, -0.1) is 0 Å². The van der Waals surface area contributed by atoms with Crippen LogP contribution < -0.4 is 0 Å². The van der Waals surface area contributed by atoms with Crippen LogP contribution in [-0.2, 0) is 19.2 Å². The summed E-state index contributed by atoms with van der Waals surface area (Å²) in [6.45, 7) is 1.25. The summed E-state index contributed by atoms with van der Waals surface area (Å²) in [7, 11) is 0. The van der Waals surface area contributed by atoms with E-state index in [1.165, 1.54) is 6.92 Å². The van der Waals surface area contributed by atoms with Crippen LogP contribution in [0.3, 0.4) is 0 Å². The second kappa shape index (κ2) is 7.00. The third-order valence-electron chi connectivity index (χ3n) is 4.14. The van der Waals surface area contributed by atoms with Gasteiger partial charge in [0.05, 0.1) is 11.3 Å². The van der Waals surface area contributed by atoms with Crippen LogP contribution in [0.5, 0.6) is 0 Å². The zero-order chi connectivity index (χ0) is 19.0. The predicted octanol–water partition coefficient (Wildman–Crippen LogP) is 1.49. The molecular weight excluding hydrogens is 376 g/mol. The molecule has 7 nitrogen and oxygen atoms in total. The highest BCUT2D eigenvalue weighted by molar-refractivity contribution is 8.26. The number of carboxylic acids is 1. The fourth-order valence-electron chi connectivity index (χ4n) is 2.80. The fraction of sp³-hybridized carbons (Fsp3) is 0.235. The van der Waals surface area contributed by atoms with Gasteiger partial charge in [0.1, 0.15) is 16.4 Å². The second-order valence-electron chi connectivity index (χ2n) is 5.80. The smallest absolute Gasteiger partial charge is 0.326 e. The van der Waals surface area contributed by atoms with Crippen LogP contribution >= 0.6 is 24.0 Å². The lowest BCUT2D eigenvalue weighted by atomic mass is 10.2. The van der Waals surface area contributed by atoms with Crippen LogP contribution in [-0.4, -0.2) is 55.0 Å². The molecule has 0 saturated carbocycles. The standard InChI is InChI=1S/C17H14N2O5S2/c1-9(16(23)24)18-13(20)8-11(14(18)21)19-15(22)12(26-17(19)25)7-10-5-3-2-4-6-10/h2-7,9,11H,8H2,1H3,(H,23,24). The Balaban J connectivity index is 1.86. The highest BCUT2D eigenvalue weighted by Gasteiger charge is 2.50. The highest BCUT2D eigenvalue weighted by atomic mass is 32.2. The second-order valence-corrected chi connectivity index (χ2v) is 7.47. The maximum absolute atomic E-state index is 12.7. The number of likely N-dealkylation sites (tertiary alicyclic amines) is 1. The van der Waals surface area contributed by atoms with E-state index in [9.17, 15) is 19.2 Å². The topological polar surface area (TPSA) is 95.0 Å². The van der Waals surface area contributed by atoms with Crippen molar-refractivity contribution in [2.75, 3.05) is 0 Å². The van der Waals surface area contributed by atoms with Gasteiger partial charge in [0.15, 0.2) is 0 Å². The van der Waals surface area contributed by atoms with Crippen LogP contribution in [0.25, 0.3) is 6.08 Å². The molecule has 1 aromatic carbocycles. The summed E-state index contributed by atoms with van der Waals surface area (Å²) in [5.74, 6) is -3.10. The van der Waals surface area contributed by atoms with Crippen molar-refractivity contribution in [2.45, 2.75) is 25.4 Å². The quantitative estimate of drug-likeness (QED) is 0.473. The van der Waals surface area contributed by atoms with Gasteiger partial charge in [-0.2, -0.15) is 0 Å². The van der Waals surface area contributed by atoms with Gasteiger partial charge in [-0.25, -0.2) is 4.79 Å².